The second-order valence-electron chi connectivity index (χ2n) is 9.77. The fourth-order valence-corrected chi connectivity index (χ4v) is 3.73. The van der Waals surface area contributed by atoms with Crippen LogP contribution in [-0.2, 0) is 0 Å². The van der Waals surface area contributed by atoms with Gasteiger partial charge in [-0.3, -0.25) is 0 Å². The Kier molecular flexibility index (Phi) is 12.4. The van der Waals surface area contributed by atoms with Crippen LogP contribution in [0.1, 0.15) is 107 Å². The van der Waals surface area contributed by atoms with Crippen molar-refractivity contribution in [3.63, 3.8) is 0 Å². The van der Waals surface area contributed by atoms with E-state index in [9.17, 15) is 0 Å². The zero-order valence-electron chi connectivity index (χ0n) is 18.0. The molecule has 0 rings (SSSR count). The third-order valence-electron chi connectivity index (χ3n) is 6.21. The Morgan fingerprint density at radius 3 is 1.09 bits per heavy atom. The summed E-state index contributed by atoms with van der Waals surface area (Å²) < 4.78 is 0. The molecule has 0 heterocycles. The predicted octanol–water partition coefficient (Wildman–Crippen LogP) is 8.21. The molecule has 0 amide bonds. The highest BCUT2D eigenvalue weighted by molar-refractivity contribution is 4.69. The van der Waals surface area contributed by atoms with E-state index in [0.717, 1.165) is 41.4 Å². The monoisotopic (exact) mass is 324 g/mol. The Bertz CT molecular complexity index is 265. The average Bonchev–Trinajstić information content (AvgIpc) is 2.46. The molecule has 0 aromatic rings. The molecule has 5 atom stereocenters. The van der Waals surface area contributed by atoms with Crippen LogP contribution in [0.15, 0.2) is 0 Å². The standard InChI is InChI=1S/C23H48/c1-17(2)10-12-20(6)22(8)14-15-23(9)21(7)13-11-19(5)16-18(3)4/h17-23H,10-16H2,1-9H3. The molecular weight excluding hydrogens is 276 g/mol. The molecule has 0 aliphatic carbocycles. The van der Waals surface area contributed by atoms with Crippen LogP contribution < -0.4 is 0 Å². The molecule has 0 aliphatic rings. The summed E-state index contributed by atoms with van der Waals surface area (Å²) >= 11 is 0. The Morgan fingerprint density at radius 2 is 0.739 bits per heavy atom. The summed E-state index contributed by atoms with van der Waals surface area (Å²) in [7, 11) is 0. The van der Waals surface area contributed by atoms with E-state index in [-0.39, 0.29) is 0 Å². The van der Waals surface area contributed by atoms with E-state index in [1.807, 2.05) is 0 Å². The highest BCUT2D eigenvalue weighted by atomic mass is 14.2. The van der Waals surface area contributed by atoms with Gasteiger partial charge in [-0.05, 0) is 47.8 Å². The van der Waals surface area contributed by atoms with Gasteiger partial charge in [0.05, 0.1) is 0 Å². The van der Waals surface area contributed by atoms with Gasteiger partial charge in [0.2, 0.25) is 0 Å². The Hall–Kier alpha value is 0. The van der Waals surface area contributed by atoms with E-state index in [1.165, 1.54) is 44.9 Å². The molecule has 0 nitrogen and oxygen atoms in total. The van der Waals surface area contributed by atoms with Crippen molar-refractivity contribution in [3.05, 3.63) is 0 Å². The molecule has 0 saturated heterocycles. The van der Waals surface area contributed by atoms with Crippen LogP contribution in [0.3, 0.4) is 0 Å². The van der Waals surface area contributed by atoms with Crippen LogP contribution in [0.4, 0.5) is 0 Å². The molecule has 0 heteroatoms. The summed E-state index contributed by atoms with van der Waals surface area (Å²) in [5, 5.41) is 0. The molecular formula is C23H48. The molecule has 0 aliphatic heterocycles. The van der Waals surface area contributed by atoms with Crippen molar-refractivity contribution in [1.82, 2.24) is 0 Å². The summed E-state index contributed by atoms with van der Waals surface area (Å²) in [6, 6.07) is 0. The van der Waals surface area contributed by atoms with Gasteiger partial charge in [0.15, 0.2) is 0 Å². The van der Waals surface area contributed by atoms with Crippen LogP contribution >= 0.6 is 0 Å². The smallest absolute Gasteiger partial charge is 0.0417 e. The maximum atomic E-state index is 2.49. The van der Waals surface area contributed by atoms with Gasteiger partial charge >= 0.3 is 0 Å². The molecule has 140 valence electrons. The maximum Gasteiger partial charge on any atom is -0.0417 e. The number of hydrogen-bond acceptors (Lipinski definition) is 0. The molecule has 0 aromatic heterocycles. The zero-order chi connectivity index (χ0) is 18.0. The minimum Gasteiger partial charge on any atom is -0.0628 e. The second kappa shape index (κ2) is 12.4. The second-order valence-corrected chi connectivity index (χ2v) is 9.77. The number of rotatable bonds is 13. The van der Waals surface area contributed by atoms with Crippen molar-refractivity contribution in [2.75, 3.05) is 0 Å². The maximum absolute atomic E-state index is 2.49. The van der Waals surface area contributed by atoms with Gasteiger partial charge in [0.1, 0.15) is 0 Å². The van der Waals surface area contributed by atoms with Gasteiger partial charge in [-0.15, -0.1) is 0 Å². The van der Waals surface area contributed by atoms with Crippen LogP contribution in [-0.4, -0.2) is 0 Å². The first-order valence-corrected chi connectivity index (χ1v) is 10.6. The van der Waals surface area contributed by atoms with Crippen molar-refractivity contribution >= 4 is 0 Å². The SMILES string of the molecule is CC(C)CCC(C)C(C)CCC(C)C(C)CCC(C)CC(C)C. The van der Waals surface area contributed by atoms with Crippen molar-refractivity contribution in [1.29, 1.82) is 0 Å². The quantitative estimate of drug-likeness (QED) is 0.320. The first kappa shape index (κ1) is 23.0. The first-order valence-electron chi connectivity index (χ1n) is 10.6. The molecule has 0 saturated carbocycles. The Balaban J connectivity index is 3.96. The van der Waals surface area contributed by atoms with Gasteiger partial charge in [-0.1, -0.05) is 101 Å². The lowest BCUT2D eigenvalue weighted by Crippen LogP contribution is -2.14. The summed E-state index contributed by atoms with van der Waals surface area (Å²) in [4.78, 5) is 0. The van der Waals surface area contributed by atoms with Gasteiger partial charge < -0.3 is 0 Å². The molecule has 5 unspecified atom stereocenters. The summed E-state index contributed by atoms with van der Waals surface area (Å²) in [6.07, 6.45) is 9.89. The average molecular weight is 325 g/mol. The van der Waals surface area contributed by atoms with Crippen molar-refractivity contribution < 1.29 is 0 Å². The lowest BCUT2D eigenvalue weighted by atomic mass is 9.80. The lowest BCUT2D eigenvalue weighted by Gasteiger charge is -2.26. The molecule has 0 aromatic carbocycles. The topological polar surface area (TPSA) is 0 Å². The Morgan fingerprint density at radius 1 is 0.391 bits per heavy atom. The normalized spacial score (nSPS) is 18.9. The summed E-state index contributed by atoms with van der Waals surface area (Å²) in [5.41, 5.74) is 0. The minimum absolute atomic E-state index is 0.853. The van der Waals surface area contributed by atoms with E-state index in [2.05, 4.69) is 62.3 Å². The molecule has 0 bridgehead atoms. The molecule has 0 fully saturated rings. The Labute approximate surface area is 149 Å². The van der Waals surface area contributed by atoms with Crippen LogP contribution in [0.5, 0.6) is 0 Å². The summed E-state index contributed by atoms with van der Waals surface area (Å²) in [5.74, 6) is 6.18. The van der Waals surface area contributed by atoms with Crippen LogP contribution in [0.25, 0.3) is 0 Å². The van der Waals surface area contributed by atoms with Gasteiger partial charge in [-0.25, -0.2) is 0 Å². The fraction of sp³-hybridized carbons (Fsp3) is 1.00. The van der Waals surface area contributed by atoms with E-state index in [0.29, 0.717) is 0 Å². The molecule has 0 radical (unpaired) electrons. The van der Waals surface area contributed by atoms with E-state index >= 15 is 0 Å². The van der Waals surface area contributed by atoms with E-state index in [1.54, 1.807) is 0 Å². The largest absolute Gasteiger partial charge is 0.0628 e. The van der Waals surface area contributed by atoms with E-state index in [4.69, 9.17) is 0 Å². The fourth-order valence-electron chi connectivity index (χ4n) is 3.73. The van der Waals surface area contributed by atoms with Crippen molar-refractivity contribution in [2.45, 2.75) is 107 Å². The number of hydrogen-bond donors (Lipinski definition) is 0. The van der Waals surface area contributed by atoms with E-state index < -0.39 is 0 Å². The van der Waals surface area contributed by atoms with Crippen molar-refractivity contribution in [2.24, 2.45) is 41.4 Å². The third kappa shape index (κ3) is 12.1. The lowest BCUT2D eigenvalue weighted by molar-refractivity contribution is 0.257. The highest BCUT2D eigenvalue weighted by Crippen LogP contribution is 2.29. The van der Waals surface area contributed by atoms with Gasteiger partial charge in [-0.2, -0.15) is 0 Å². The van der Waals surface area contributed by atoms with Crippen LogP contribution in [0.2, 0.25) is 0 Å². The zero-order valence-corrected chi connectivity index (χ0v) is 18.0. The van der Waals surface area contributed by atoms with Gasteiger partial charge in [0, 0.05) is 0 Å². The predicted molar refractivity (Wildman–Crippen MR) is 108 cm³/mol. The third-order valence-corrected chi connectivity index (χ3v) is 6.21. The van der Waals surface area contributed by atoms with Crippen LogP contribution in [0, 0.1) is 41.4 Å². The van der Waals surface area contributed by atoms with Gasteiger partial charge in [0.25, 0.3) is 0 Å². The summed E-state index contributed by atoms with van der Waals surface area (Å²) in [6.45, 7) is 21.8. The minimum atomic E-state index is 0.853. The molecule has 23 heavy (non-hydrogen) atoms. The molecule has 0 spiro atoms. The van der Waals surface area contributed by atoms with Crippen molar-refractivity contribution in [3.8, 4) is 0 Å². The first-order chi connectivity index (χ1) is 10.6. The molecule has 0 N–H and O–H groups in total. The highest BCUT2D eigenvalue weighted by Gasteiger charge is 2.18.